The zero-order valence-corrected chi connectivity index (χ0v) is 23.8. The number of carbonyl (C=O) groups is 1. The van der Waals surface area contributed by atoms with Crippen LogP contribution in [0.1, 0.15) is 35.7 Å². The third-order valence-electron chi connectivity index (χ3n) is 7.18. The Hall–Kier alpha value is -5.20. The Kier molecular flexibility index (Phi) is 8.46. The number of ether oxygens (including phenoxy) is 1. The third kappa shape index (κ3) is 5.66. The number of aryl methyl sites for hydroxylation is 1. The number of nitriles is 1. The van der Waals surface area contributed by atoms with E-state index in [-0.39, 0.29) is 18.1 Å². The van der Waals surface area contributed by atoms with Crippen molar-refractivity contribution in [2.45, 2.75) is 26.2 Å². The molecule has 0 aliphatic heterocycles. The number of fused-ring (bicyclic) bond motifs is 1. The van der Waals surface area contributed by atoms with Gasteiger partial charge in [-0.2, -0.15) is 10.4 Å². The molecule has 5 aromatic rings. The molecule has 0 saturated heterocycles. The predicted octanol–water partition coefficient (Wildman–Crippen LogP) is 4.97. The lowest BCUT2D eigenvalue weighted by molar-refractivity contribution is -0.170. The smallest absolute Gasteiger partial charge is 0.283 e. The minimum absolute atomic E-state index is 0.115. The van der Waals surface area contributed by atoms with E-state index in [2.05, 4.69) is 18.1 Å². The van der Waals surface area contributed by atoms with E-state index >= 15 is 0 Å². The maximum atomic E-state index is 14.2. The first kappa shape index (κ1) is 28.3. The summed E-state index contributed by atoms with van der Waals surface area (Å²) in [4.78, 5) is 31.0. The van der Waals surface area contributed by atoms with E-state index in [4.69, 9.17) is 9.57 Å². The molecule has 0 spiro atoms. The molecule has 2 heterocycles. The van der Waals surface area contributed by atoms with Crippen LogP contribution < -0.4 is 10.3 Å². The molecule has 2 aromatic heterocycles. The molecule has 3 aromatic carbocycles. The molecule has 0 aliphatic rings. The van der Waals surface area contributed by atoms with Crippen LogP contribution in [0.4, 0.5) is 0 Å². The lowest BCUT2D eigenvalue weighted by atomic mass is 9.97. The fourth-order valence-electron chi connectivity index (χ4n) is 4.95. The van der Waals surface area contributed by atoms with Crippen molar-refractivity contribution in [3.8, 4) is 28.6 Å². The van der Waals surface area contributed by atoms with E-state index in [0.29, 0.717) is 41.1 Å². The van der Waals surface area contributed by atoms with Gasteiger partial charge in [-0.1, -0.05) is 55.8 Å². The molecule has 5 rings (SSSR count). The van der Waals surface area contributed by atoms with E-state index in [1.807, 2.05) is 53.0 Å². The van der Waals surface area contributed by atoms with Crippen LogP contribution in [0.3, 0.4) is 0 Å². The van der Waals surface area contributed by atoms with Gasteiger partial charge < -0.3 is 4.74 Å². The number of amides is 1. The normalized spacial score (nSPS) is 10.9. The van der Waals surface area contributed by atoms with E-state index in [1.54, 1.807) is 41.1 Å². The second-order valence-electron chi connectivity index (χ2n) is 9.80. The first-order valence-electron chi connectivity index (χ1n) is 13.7. The van der Waals surface area contributed by atoms with Crippen LogP contribution in [-0.2, 0) is 22.5 Å². The Bertz CT molecular complexity index is 1820. The summed E-state index contributed by atoms with van der Waals surface area (Å²) in [5.41, 5.74) is 6.19. The number of rotatable bonds is 10. The van der Waals surface area contributed by atoms with E-state index in [1.165, 1.54) is 14.2 Å². The molecule has 0 radical (unpaired) electrons. The molecule has 1 amide bonds. The highest BCUT2D eigenvalue weighted by Crippen LogP contribution is 2.25. The van der Waals surface area contributed by atoms with Gasteiger partial charge in [-0.3, -0.25) is 19.0 Å². The molecule has 42 heavy (non-hydrogen) atoms. The summed E-state index contributed by atoms with van der Waals surface area (Å²) in [5, 5.41) is 15.2. The van der Waals surface area contributed by atoms with Gasteiger partial charge in [0.15, 0.2) is 6.61 Å². The maximum Gasteiger partial charge on any atom is 0.283 e. The number of aromatic nitrogens is 3. The number of hydroxylamine groups is 2. The van der Waals surface area contributed by atoms with Crippen LogP contribution in [0, 0.1) is 11.3 Å². The average molecular weight is 562 g/mol. The molecule has 0 bridgehead atoms. The van der Waals surface area contributed by atoms with Crippen molar-refractivity contribution in [2.24, 2.45) is 0 Å². The van der Waals surface area contributed by atoms with Gasteiger partial charge in [0.2, 0.25) is 0 Å². The first-order chi connectivity index (χ1) is 20.4. The summed E-state index contributed by atoms with van der Waals surface area (Å²) in [5.74, 6) is 0.173. The van der Waals surface area contributed by atoms with Crippen molar-refractivity contribution >= 4 is 11.6 Å². The highest BCUT2D eigenvalue weighted by Gasteiger charge is 2.19. The van der Waals surface area contributed by atoms with Gasteiger partial charge >= 0.3 is 0 Å². The van der Waals surface area contributed by atoms with Crippen LogP contribution in [-0.4, -0.2) is 45.9 Å². The zero-order valence-electron chi connectivity index (χ0n) is 23.8. The van der Waals surface area contributed by atoms with Crippen molar-refractivity contribution in [3.05, 3.63) is 118 Å². The van der Waals surface area contributed by atoms with Gasteiger partial charge in [0.05, 0.1) is 36.3 Å². The van der Waals surface area contributed by atoms with E-state index < -0.39 is 0 Å². The molecule has 0 N–H and O–H groups in total. The van der Waals surface area contributed by atoms with Crippen LogP contribution in [0.5, 0.6) is 5.75 Å². The Labute approximate surface area is 243 Å². The molecular formula is C33H31N5O4. The number of benzene rings is 3. The van der Waals surface area contributed by atoms with Gasteiger partial charge in [-0.25, -0.2) is 9.58 Å². The Morgan fingerprint density at radius 1 is 1.02 bits per heavy atom. The molecule has 0 atom stereocenters. The summed E-state index contributed by atoms with van der Waals surface area (Å²) >= 11 is 0. The molecule has 212 valence electrons. The van der Waals surface area contributed by atoms with Crippen molar-refractivity contribution in [3.63, 3.8) is 0 Å². The molecule has 0 unspecified atom stereocenters. The Morgan fingerprint density at radius 3 is 2.45 bits per heavy atom. The van der Waals surface area contributed by atoms with Crippen molar-refractivity contribution in [1.82, 2.24) is 19.2 Å². The van der Waals surface area contributed by atoms with E-state index in [9.17, 15) is 14.9 Å². The van der Waals surface area contributed by atoms with Crippen LogP contribution in [0.25, 0.3) is 22.5 Å². The Morgan fingerprint density at radius 2 is 1.76 bits per heavy atom. The number of carbonyl (C=O) groups excluding carboxylic acids is 1. The summed E-state index contributed by atoms with van der Waals surface area (Å²) in [6, 6.07) is 26.6. The van der Waals surface area contributed by atoms with Gasteiger partial charge in [0.25, 0.3) is 11.5 Å². The summed E-state index contributed by atoms with van der Waals surface area (Å²) in [6.07, 6.45) is 3.69. The highest BCUT2D eigenvalue weighted by atomic mass is 16.7. The van der Waals surface area contributed by atoms with Crippen molar-refractivity contribution in [2.75, 3.05) is 20.8 Å². The second-order valence-corrected chi connectivity index (χ2v) is 9.80. The van der Waals surface area contributed by atoms with Gasteiger partial charge in [-0.15, -0.1) is 0 Å². The second kappa shape index (κ2) is 12.5. The summed E-state index contributed by atoms with van der Waals surface area (Å²) in [6.45, 7) is 1.91. The molecule has 0 saturated carbocycles. The number of hydrogen-bond acceptors (Lipinski definition) is 6. The van der Waals surface area contributed by atoms with Crippen LogP contribution >= 0.6 is 0 Å². The molecule has 9 nitrogen and oxygen atoms in total. The monoisotopic (exact) mass is 561 g/mol. The lowest BCUT2D eigenvalue weighted by Crippen LogP contribution is -2.30. The van der Waals surface area contributed by atoms with Gasteiger partial charge in [0, 0.05) is 25.1 Å². The van der Waals surface area contributed by atoms with Crippen LogP contribution in [0.2, 0.25) is 0 Å². The number of nitrogens with zero attached hydrogens (tertiary/aromatic N) is 5. The minimum Gasteiger partial charge on any atom is -0.484 e. The molecular weight excluding hydrogens is 530 g/mol. The quantitative estimate of drug-likeness (QED) is 0.223. The van der Waals surface area contributed by atoms with Gasteiger partial charge in [-0.05, 0) is 53.4 Å². The number of likely N-dealkylation sites (N-methyl/N-ethyl adjacent to an activating group) is 1. The first-order valence-corrected chi connectivity index (χ1v) is 13.7. The van der Waals surface area contributed by atoms with Crippen LogP contribution in [0.15, 0.2) is 89.9 Å². The fraction of sp³-hybridized carbons (Fsp3) is 0.212. The standard InChI is InChI=1S/C33H31N5O4/c1-4-7-30-29(20-23-10-12-24(13-11-23)28-9-6-5-8-25(28)21-34)33(40)37(31-18-19-35-38(30)31)26-14-16-27(17-15-26)42-22-32(39)36(2)41-3/h5-6,8-19H,4,7,20,22H2,1-3H3. The van der Waals surface area contributed by atoms with Crippen molar-refractivity contribution in [1.29, 1.82) is 5.26 Å². The van der Waals surface area contributed by atoms with Gasteiger partial charge in [0.1, 0.15) is 11.4 Å². The fourth-order valence-corrected chi connectivity index (χ4v) is 4.95. The largest absolute Gasteiger partial charge is 0.484 e. The minimum atomic E-state index is -0.322. The molecule has 9 heteroatoms. The zero-order chi connectivity index (χ0) is 29.6. The average Bonchev–Trinajstić information content (AvgIpc) is 3.51. The van der Waals surface area contributed by atoms with E-state index in [0.717, 1.165) is 33.9 Å². The summed E-state index contributed by atoms with van der Waals surface area (Å²) in [7, 11) is 2.92. The summed E-state index contributed by atoms with van der Waals surface area (Å²) < 4.78 is 9.11. The maximum absolute atomic E-state index is 14.2. The van der Waals surface area contributed by atoms with Crippen molar-refractivity contribution < 1.29 is 14.4 Å². The lowest BCUT2D eigenvalue weighted by Gasteiger charge is -2.17. The number of hydrogen-bond donors (Lipinski definition) is 0. The Balaban J connectivity index is 1.50. The SMILES string of the molecule is CCCc1c(Cc2ccc(-c3ccccc3C#N)cc2)c(=O)n(-c2ccc(OCC(=O)N(C)OC)cc2)c2ccnn12. The predicted molar refractivity (Wildman–Crippen MR) is 159 cm³/mol. The molecule has 0 aliphatic carbocycles. The molecule has 0 fully saturated rings. The topological polar surface area (TPSA) is 102 Å². The third-order valence-corrected chi connectivity index (χ3v) is 7.18. The highest BCUT2D eigenvalue weighted by molar-refractivity contribution is 5.76.